The zero-order chi connectivity index (χ0) is 11.3. The lowest BCUT2D eigenvalue weighted by Crippen LogP contribution is -2.28. The Labute approximate surface area is 86.5 Å². The number of hydrogen-bond donors (Lipinski definition) is 2. The molecule has 1 atom stereocenters. The molecule has 0 fully saturated rings. The minimum atomic E-state index is -0.758. The molecule has 0 saturated carbocycles. The van der Waals surface area contributed by atoms with Gasteiger partial charge in [0.05, 0.1) is 0 Å². The van der Waals surface area contributed by atoms with Gasteiger partial charge >= 0.3 is 0 Å². The van der Waals surface area contributed by atoms with Crippen LogP contribution in [-0.4, -0.2) is 24.4 Å². The highest BCUT2D eigenvalue weighted by molar-refractivity contribution is 5.24. The van der Waals surface area contributed by atoms with Crippen molar-refractivity contribution in [3.8, 4) is 5.75 Å². The van der Waals surface area contributed by atoms with Crippen LogP contribution in [0.15, 0.2) is 18.2 Å². The number of rotatable bonds is 5. The van der Waals surface area contributed by atoms with Crippen LogP contribution in [0.1, 0.15) is 6.42 Å². The van der Waals surface area contributed by atoms with Crippen molar-refractivity contribution in [1.82, 2.24) is 0 Å². The van der Waals surface area contributed by atoms with Crippen molar-refractivity contribution < 1.29 is 18.6 Å². The van der Waals surface area contributed by atoms with Crippen LogP contribution in [0.3, 0.4) is 0 Å². The number of ether oxygens (including phenoxy) is 1. The Morgan fingerprint density at radius 3 is 2.73 bits per heavy atom. The highest BCUT2D eigenvalue weighted by atomic mass is 19.1. The van der Waals surface area contributed by atoms with Crippen LogP contribution >= 0.6 is 0 Å². The topological polar surface area (TPSA) is 55.5 Å². The standard InChI is InChI=1S/C10H13F2NO2/c11-7-1-2-10(9(12)5-7)15-6-8(13)3-4-14/h1-2,5,8,14H,3-4,6,13H2. The van der Waals surface area contributed by atoms with Gasteiger partial charge in [-0.1, -0.05) is 0 Å². The summed E-state index contributed by atoms with van der Waals surface area (Å²) >= 11 is 0. The summed E-state index contributed by atoms with van der Waals surface area (Å²) in [6, 6.07) is 2.69. The average Bonchev–Trinajstić information content (AvgIpc) is 2.17. The molecule has 0 aliphatic heterocycles. The van der Waals surface area contributed by atoms with E-state index in [0.29, 0.717) is 6.42 Å². The first-order valence-electron chi connectivity index (χ1n) is 4.57. The zero-order valence-corrected chi connectivity index (χ0v) is 8.12. The third-order valence-electron chi connectivity index (χ3n) is 1.85. The molecule has 0 aliphatic carbocycles. The molecule has 3 nitrogen and oxygen atoms in total. The van der Waals surface area contributed by atoms with Crippen LogP contribution in [-0.2, 0) is 0 Å². The second kappa shape index (κ2) is 5.63. The van der Waals surface area contributed by atoms with Crippen molar-refractivity contribution in [2.75, 3.05) is 13.2 Å². The molecule has 1 rings (SSSR count). The van der Waals surface area contributed by atoms with Crippen molar-refractivity contribution in [3.05, 3.63) is 29.8 Å². The van der Waals surface area contributed by atoms with E-state index >= 15 is 0 Å². The van der Waals surface area contributed by atoms with Gasteiger partial charge in [-0.2, -0.15) is 0 Å². The summed E-state index contributed by atoms with van der Waals surface area (Å²) in [5, 5.41) is 8.57. The second-order valence-electron chi connectivity index (χ2n) is 3.16. The summed E-state index contributed by atoms with van der Waals surface area (Å²) in [4.78, 5) is 0. The molecule has 0 aromatic heterocycles. The lowest BCUT2D eigenvalue weighted by Gasteiger charge is -2.12. The summed E-state index contributed by atoms with van der Waals surface area (Å²) in [6.07, 6.45) is 0.378. The van der Waals surface area contributed by atoms with E-state index in [1.807, 2.05) is 0 Å². The Morgan fingerprint density at radius 2 is 2.13 bits per heavy atom. The molecule has 0 radical (unpaired) electrons. The Morgan fingerprint density at radius 1 is 1.40 bits per heavy atom. The lowest BCUT2D eigenvalue weighted by molar-refractivity contribution is 0.228. The predicted molar refractivity (Wildman–Crippen MR) is 51.5 cm³/mol. The molecule has 0 saturated heterocycles. The molecule has 15 heavy (non-hydrogen) atoms. The van der Waals surface area contributed by atoms with Crippen LogP contribution < -0.4 is 10.5 Å². The SMILES string of the molecule is NC(CCO)COc1ccc(F)cc1F. The van der Waals surface area contributed by atoms with Crippen molar-refractivity contribution in [2.45, 2.75) is 12.5 Å². The molecule has 1 aromatic rings. The van der Waals surface area contributed by atoms with Gasteiger partial charge in [-0.25, -0.2) is 8.78 Å². The molecule has 84 valence electrons. The number of aliphatic hydroxyl groups is 1. The van der Waals surface area contributed by atoms with Crippen LogP contribution in [0, 0.1) is 11.6 Å². The maximum atomic E-state index is 13.0. The van der Waals surface area contributed by atoms with Crippen molar-refractivity contribution in [1.29, 1.82) is 0 Å². The van der Waals surface area contributed by atoms with E-state index in [0.717, 1.165) is 12.1 Å². The van der Waals surface area contributed by atoms with Crippen molar-refractivity contribution in [3.63, 3.8) is 0 Å². The Kier molecular flexibility index (Phi) is 4.45. The zero-order valence-electron chi connectivity index (χ0n) is 8.12. The summed E-state index contributed by atoms with van der Waals surface area (Å²) in [5.74, 6) is -1.45. The Balaban J connectivity index is 2.50. The van der Waals surface area contributed by atoms with Gasteiger partial charge in [0.2, 0.25) is 0 Å². The Bertz CT molecular complexity index is 320. The van der Waals surface area contributed by atoms with E-state index in [1.165, 1.54) is 6.07 Å². The maximum Gasteiger partial charge on any atom is 0.167 e. The minimum Gasteiger partial charge on any atom is -0.489 e. The van der Waals surface area contributed by atoms with Crippen molar-refractivity contribution in [2.24, 2.45) is 5.73 Å². The maximum absolute atomic E-state index is 13.0. The third-order valence-corrected chi connectivity index (χ3v) is 1.85. The first-order chi connectivity index (χ1) is 7.13. The smallest absolute Gasteiger partial charge is 0.167 e. The average molecular weight is 217 g/mol. The van der Waals surface area contributed by atoms with Gasteiger partial charge in [0.25, 0.3) is 0 Å². The monoisotopic (exact) mass is 217 g/mol. The van der Waals surface area contributed by atoms with E-state index in [-0.39, 0.29) is 25.0 Å². The van der Waals surface area contributed by atoms with E-state index in [9.17, 15) is 8.78 Å². The molecule has 1 aromatic carbocycles. The van der Waals surface area contributed by atoms with Gasteiger partial charge in [0.15, 0.2) is 11.6 Å². The lowest BCUT2D eigenvalue weighted by atomic mass is 10.2. The van der Waals surface area contributed by atoms with Gasteiger partial charge in [-0.15, -0.1) is 0 Å². The van der Waals surface area contributed by atoms with Gasteiger partial charge in [0, 0.05) is 18.7 Å². The Hall–Kier alpha value is -1.20. The number of halogens is 2. The molecule has 0 heterocycles. The molecule has 3 N–H and O–H groups in total. The fourth-order valence-corrected chi connectivity index (χ4v) is 1.04. The highest BCUT2D eigenvalue weighted by Crippen LogP contribution is 2.17. The van der Waals surface area contributed by atoms with Crippen LogP contribution in [0.25, 0.3) is 0 Å². The summed E-state index contributed by atoms with van der Waals surface area (Å²) in [5.41, 5.74) is 5.53. The summed E-state index contributed by atoms with van der Waals surface area (Å²) in [6.45, 7) is 0.0412. The van der Waals surface area contributed by atoms with Crippen molar-refractivity contribution >= 4 is 0 Å². The van der Waals surface area contributed by atoms with E-state index < -0.39 is 11.6 Å². The fourth-order valence-electron chi connectivity index (χ4n) is 1.04. The van der Waals surface area contributed by atoms with Crippen LogP contribution in [0.2, 0.25) is 0 Å². The van der Waals surface area contributed by atoms with Gasteiger partial charge in [-0.05, 0) is 18.6 Å². The first-order valence-corrected chi connectivity index (χ1v) is 4.57. The fraction of sp³-hybridized carbons (Fsp3) is 0.400. The molecule has 0 amide bonds. The van der Waals surface area contributed by atoms with E-state index in [1.54, 1.807) is 0 Å². The number of benzene rings is 1. The molecular formula is C10H13F2NO2. The minimum absolute atomic E-state index is 0.0372. The third kappa shape index (κ3) is 3.81. The van der Waals surface area contributed by atoms with Gasteiger partial charge < -0.3 is 15.6 Å². The van der Waals surface area contributed by atoms with Gasteiger partial charge in [-0.3, -0.25) is 0 Å². The number of nitrogens with two attached hydrogens (primary N) is 1. The second-order valence-corrected chi connectivity index (χ2v) is 3.16. The molecule has 1 unspecified atom stereocenters. The van der Waals surface area contributed by atoms with E-state index in [4.69, 9.17) is 15.6 Å². The summed E-state index contributed by atoms with van der Waals surface area (Å²) in [7, 11) is 0. The predicted octanol–water partition coefficient (Wildman–Crippen LogP) is 1.05. The van der Waals surface area contributed by atoms with E-state index in [2.05, 4.69) is 0 Å². The normalized spacial score (nSPS) is 12.5. The molecule has 0 aliphatic rings. The van der Waals surface area contributed by atoms with Crippen LogP contribution in [0.4, 0.5) is 8.78 Å². The molecule has 0 spiro atoms. The molecule has 5 heteroatoms. The summed E-state index contributed by atoms with van der Waals surface area (Å²) < 4.78 is 30.6. The van der Waals surface area contributed by atoms with Crippen LogP contribution in [0.5, 0.6) is 5.75 Å². The number of hydrogen-bond acceptors (Lipinski definition) is 3. The molecule has 0 bridgehead atoms. The van der Waals surface area contributed by atoms with Gasteiger partial charge in [0.1, 0.15) is 12.4 Å². The number of aliphatic hydroxyl groups excluding tert-OH is 1. The molecular weight excluding hydrogens is 204 g/mol. The highest BCUT2D eigenvalue weighted by Gasteiger charge is 2.07. The first kappa shape index (κ1) is 11.9. The quantitative estimate of drug-likeness (QED) is 0.775. The largest absolute Gasteiger partial charge is 0.489 e.